The van der Waals surface area contributed by atoms with Crippen molar-refractivity contribution in [1.82, 2.24) is 0 Å². The van der Waals surface area contributed by atoms with Crippen LogP contribution in [0.1, 0.15) is 66.7 Å². The maximum atomic E-state index is 13.1. The van der Waals surface area contributed by atoms with E-state index in [1.54, 1.807) is 13.0 Å². The SMILES string of the molecule is CC(=O)C12OC(C)(C)OC1CC1C3CCC4=C(Br)C(=O)C=CC4(C)C3CCC12C. The highest BCUT2D eigenvalue weighted by molar-refractivity contribution is 9.12. The molecule has 7 unspecified atom stereocenters. The molecular formula is C24H31BrO4. The summed E-state index contributed by atoms with van der Waals surface area (Å²) in [6.07, 6.45) is 8.63. The average Bonchev–Trinajstić information content (AvgIpc) is 3.05. The zero-order valence-electron chi connectivity index (χ0n) is 18.0. The van der Waals surface area contributed by atoms with Crippen molar-refractivity contribution < 1.29 is 19.1 Å². The molecule has 0 aromatic rings. The summed E-state index contributed by atoms with van der Waals surface area (Å²) in [5.41, 5.74) is 0.144. The highest BCUT2D eigenvalue weighted by atomic mass is 79.9. The highest BCUT2D eigenvalue weighted by Crippen LogP contribution is 2.70. The van der Waals surface area contributed by atoms with Gasteiger partial charge >= 0.3 is 0 Å². The lowest BCUT2D eigenvalue weighted by Crippen LogP contribution is -2.59. The van der Waals surface area contributed by atoms with Gasteiger partial charge < -0.3 is 9.47 Å². The molecule has 29 heavy (non-hydrogen) atoms. The van der Waals surface area contributed by atoms with Crippen molar-refractivity contribution in [2.75, 3.05) is 0 Å². The van der Waals surface area contributed by atoms with Gasteiger partial charge in [-0.05, 0) is 98.2 Å². The Kier molecular flexibility index (Phi) is 4.11. The summed E-state index contributed by atoms with van der Waals surface area (Å²) >= 11 is 3.59. The van der Waals surface area contributed by atoms with Crippen LogP contribution in [0.3, 0.4) is 0 Å². The Bertz CT molecular complexity index is 872. The van der Waals surface area contributed by atoms with Gasteiger partial charge in [-0.25, -0.2) is 0 Å². The fourth-order valence-electron chi connectivity index (χ4n) is 8.03. The third-order valence-corrected chi connectivity index (χ3v) is 10.0. The molecule has 0 N–H and O–H groups in total. The number of rotatable bonds is 1. The number of Topliss-reactive ketones (excluding diaryl/α,β-unsaturated/α-hetero) is 1. The first-order chi connectivity index (χ1) is 13.5. The first-order valence-corrected chi connectivity index (χ1v) is 11.8. The van der Waals surface area contributed by atoms with Gasteiger partial charge in [0, 0.05) is 10.8 Å². The predicted molar refractivity (Wildman–Crippen MR) is 113 cm³/mol. The van der Waals surface area contributed by atoms with E-state index in [-0.39, 0.29) is 28.5 Å². The molecule has 1 aliphatic heterocycles. The number of hydrogen-bond donors (Lipinski definition) is 0. The molecule has 0 bridgehead atoms. The lowest BCUT2D eigenvalue weighted by molar-refractivity contribution is -0.213. The number of carbonyl (C=O) groups excluding carboxylic acids is 2. The Morgan fingerprint density at radius 3 is 2.59 bits per heavy atom. The van der Waals surface area contributed by atoms with Crippen LogP contribution in [-0.2, 0) is 19.1 Å². The minimum atomic E-state index is -0.831. The average molecular weight is 463 g/mol. The van der Waals surface area contributed by atoms with Crippen LogP contribution in [0, 0.1) is 28.6 Å². The van der Waals surface area contributed by atoms with Crippen LogP contribution in [0.4, 0.5) is 0 Å². The number of allylic oxidation sites excluding steroid dienone is 4. The first-order valence-electron chi connectivity index (χ1n) is 11.0. The molecule has 4 fully saturated rings. The van der Waals surface area contributed by atoms with Gasteiger partial charge in [0.15, 0.2) is 23.0 Å². The number of hydrogen-bond acceptors (Lipinski definition) is 4. The molecule has 0 radical (unpaired) electrons. The Labute approximate surface area is 181 Å². The predicted octanol–water partition coefficient (Wildman–Crippen LogP) is 5.11. The smallest absolute Gasteiger partial charge is 0.192 e. The van der Waals surface area contributed by atoms with E-state index >= 15 is 0 Å². The summed E-state index contributed by atoms with van der Waals surface area (Å²) in [7, 11) is 0. The molecule has 0 aromatic heterocycles. The zero-order valence-corrected chi connectivity index (χ0v) is 19.6. The van der Waals surface area contributed by atoms with Gasteiger partial charge in [0.05, 0.1) is 10.6 Å². The van der Waals surface area contributed by atoms with Crippen molar-refractivity contribution in [2.45, 2.75) is 84.2 Å². The Morgan fingerprint density at radius 2 is 1.90 bits per heavy atom. The van der Waals surface area contributed by atoms with E-state index in [2.05, 4.69) is 35.9 Å². The molecule has 5 heteroatoms. The van der Waals surface area contributed by atoms with Crippen molar-refractivity contribution >= 4 is 27.5 Å². The van der Waals surface area contributed by atoms with Gasteiger partial charge in [0.2, 0.25) is 0 Å². The van der Waals surface area contributed by atoms with Crippen LogP contribution in [0.2, 0.25) is 0 Å². The first kappa shape index (κ1) is 20.1. The van der Waals surface area contributed by atoms with Gasteiger partial charge in [0.25, 0.3) is 0 Å². The van der Waals surface area contributed by atoms with E-state index in [4.69, 9.17) is 9.47 Å². The summed E-state index contributed by atoms with van der Waals surface area (Å²) in [5.74, 6) is 0.883. The molecule has 7 atom stereocenters. The normalized spacial score (nSPS) is 50.1. The number of ether oxygens (including phenoxy) is 2. The topological polar surface area (TPSA) is 52.6 Å². The monoisotopic (exact) mass is 462 g/mol. The number of fused-ring (bicyclic) bond motifs is 7. The summed E-state index contributed by atoms with van der Waals surface area (Å²) in [6, 6.07) is 0. The van der Waals surface area contributed by atoms with Crippen LogP contribution >= 0.6 is 15.9 Å². The molecule has 4 aliphatic carbocycles. The standard InChI is InChI=1S/C24H31BrO4/c1-13(26)24-19(28-21(2,3)29-24)12-17-14-6-7-16-20(25)18(27)9-10-22(16,4)15(14)8-11-23(17,24)5/h9-10,14-15,17,19H,6-8,11-12H2,1-5H3. The number of carbonyl (C=O) groups is 2. The van der Waals surface area contributed by atoms with Gasteiger partial charge in [-0.2, -0.15) is 0 Å². The van der Waals surface area contributed by atoms with Gasteiger partial charge in [0.1, 0.15) is 0 Å². The highest BCUT2D eigenvalue weighted by Gasteiger charge is 2.75. The van der Waals surface area contributed by atoms with Crippen LogP contribution in [0.15, 0.2) is 22.2 Å². The minimum absolute atomic E-state index is 0.0843. The fraction of sp³-hybridized carbons (Fsp3) is 0.750. The number of ketones is 2. The van der Waals surface area contributed by atoms with Crippen molar-refractivity contribution in [3.05, 3.63) is 22.2 Å². The van der Waals surface area contributed by atoms with E-state index in [1.807, 2.05) is 13.8 Å². The Hall–Kier alpha value is -0.780. The molecule has 0 spiro atoms. The summed E-state index contributed by atoms with van der Waals surface area (Å²) in [6.45, 7) is 10.1. The molecule has 1 heterocycles. The van der Waals surface area contributed by atoms with Crippen LogP contribution in [0.5, 0.6) is 0 Å². The molecule has 3 saturated carbocycles. The summed E-state index contributed by atoms with van der Waals surface area (Å²) < 4.78 is 13.6. The van der Waals surface area contributed by atoms with E-state index < -0.39 is 11.4 Å². The molecule has 5 aliphatic rings. The van der Waals surface area contributed by atoms with Crippen molar-refractivity contribution in [3.8, 4) is 0 Å². The lowest BCUT2D eigenvalue weighted by Gasteiger charge is -2.58. The van der Waals surface area contributed by atoms with Crippen LogP contribution < -0.4 is 0 Å². The maximum Gasteiger partial charge on any atom is 0.192 e. The largest absolute Gasteiger partial charge is 0.344 e. The minimum Gasteiger partial charge on any atom is -0.344 e. The summed E-state index contributed by atoms with van der Waals surface area (Å²) in [5, 5.41) is 0. The van der Waals surface area contributed by atoms with Crippen molar-refractivity contribution in [3.63, 3.8) is 0 Å². The van der Waals surface area contributed by atoms with Gasteiger partial charge in [-0.1, -0.05) is 19.9 Å². The van der Waals surface area contributed by atoms with Crippen LogP contribution in [-0.4, -0.2) is 29.1 Å². The van der Waals surface area contributed by atoms with E-state index in [0.29, 0.717) is 17.8 Å². The maximum absolute atomic E-state index is 13.1. The summed E-state index contributed by atoms with van der Waals surface area (Å²) in [4.78, 5) is 25.3. The quantitative estimate of drug-likeness (QED) is 0.543. The molecular weight excluding hydrogens is 432 g/mol. The van der Waals surface area contributed by atoms with Crippen LogP contribution in [0.25, 0.3) is 0 Å². The van der Waals surface area contributed by atoms with E-state index in [9.17, 15) is 9.59 Å². The third kappa shape index (κ3) is 2.33. The Balaban J connectivity index is 1.56. The second-order valence-electron chi connectivity index (χ2n) is 10.8. The van der Waals surface area contributed by atoms with Crippen molar-refractivity contribution in [1.29, 1.82) is 0 Å². The third-order valence-electron chi connectivity index (χ3n) is 9.16. The zero-order chi connectivity index (χ0) is 21.0. The molecule has 4 nitrogen and oxygen atoms in total. The lowest BCUT2D eigenvalue weighted by atomic mass is 9.47. The fourth-order valence-corrected chi connectivity index (χ4v) is 8.79. The molecule has 158 valence electrons. The van der Waals surface area contributed by atoms with E-state index in [1.165, 1.54) is 5.57 Å². The molecule has 0 aromatic carbocycles. The van der Waals surface area contributed by atoms with E-state index in [0.717, 1.165) is 36.6 Å². The second-order valence-corrected chi connectivity index (χ2v) is 11.6. The van der Waals surface area contributed by atoms with Gasteiger partial charge in [-0.15, -0.1) is 0 Å². The second kappa shape index (κ2) is 5.92. The van der Waals surface area contributed by atoms with Crippen molar-refractivity contribution in [2.24, 2.45) is 28.6 Å². The molecule has 1 saturated heterocycles. The number of halogens is 1. The Morgan fingerprint density at radius 1 is 1.17 bits per heavy atom. The van der Waals surface area contributed by atoms with Gasteiger partial charge in [-0.3, -0.25) is 9.59 Å². The molecule has 0 amide bonds. The molecule has 5 rings (SSSR count).